The average Bonchev–Trinajstić information content (AvgIpc) is 2.55. The minimum Gasteiger partial charge on any atom is -0.354 e. The maximum atomic E-state index is 12.4. The number of nitrogens with zero attached hydrogens (tertiary/aromatic N) is 3. The van der Waals surface area contributed by atoms with Gasteiger partial charge in [0.1, 0.15) is 5.69 Å². The summed E-state index contributed by atoms with van der Waals surface area (Å²) in [4.78, 5) is 34.0. The molecule has 0 aromatic carbocycles. The zero-order chi connectivity index (χ0) is 16.4. The lowest BCUT2D eigenvalue weighted by atomic mass is 10.2. The largest absolute Gasteiger partial charge is 0.354 e. The Bertz CT molecular complexity index is 464. The van der Waals surface area contributed by atoms with Gasteiger partial charge in [0.05, 0.1) is 6.20 Å². The summed E-state index contributed by atoms with van der Waals surface area (Å²) in [5.41, 5.74) is 0.320. The van der Waals surface area contributed by atoms with Crippen LogP contribution in [0.25, 0.3) is 0 Å². The quantitative estimate of drug-likeness (QED) is 0.757. The van der Waals surface area contributed by atoms with Crippen LogP contribution in [0.15, 0.2) is 18.6 Å². The van der Waals surface area contributed by atoms with Crippen LogP contribution in [0.2, 0.25) is 0 Å². The molecule has 1 rings (SSSR count). The monoisotopic (exact) mass is 306 g/mol. The number of rotatable bonds is 9. The summed E-state index contributed by atoms with van der Waals surface area (Å²) in [6.07, 6.45) is 7.58. The molecule has 0 bridgehead atoms. The van der Waals surface area contributed by atoms with Gasteiger partial charge < -0.3 is 10.2 Å². The highest BCUT2D eigenvalue weighted by Crippen LogP contribution is 2.04. The van der Waals surface area contributed by atoms with Gasteiger partial charge >= 0.3 is 0 Å². The molecule has 122 valence electrons. The molecule has 0 aliphatic carbocycles. The molecule has 6 nitrogen and oxygen atoms in total. The Morgan fingerprint density at radius 3 is 2.64 bits per heavy atom. The number of aromatic nitrogens is 2. The Balaban J connectivity index is 2.61. The maximum absolute atomic E-state index is 12.4. The first-order valence-corrected chi connectivity index (χ1v) is 7.93. The first kappa shape index (κ1) is 18.1. The predicted molar refractivity (Wildman–Crippen MR) is 85.4 cm³/mol. The van der Waals surface area contributed by atoms with E-state index in [2.05, 4.69) is 22.2 Å². The van der Waals surface area contributed by atoms with Gasteiger partial charge in [-0.05, 0) is 19.8 Å². The lowest BCUT2D eigenvalue weighted by Gasteiger charge is -2.22. The van der Waals surface area contributed by atoms with Gasteiger partial charge in [0, 0.05) is 37.9 Å². The number of hydrogen-bond acceptors (Lipinski definition) is 4. The van der Waals surface area contributed by atoms with E-state index in [0.29, 0.717) is 25.2 Å². The van der Waals surface area contributed by atoms with Crippen molar-refractivity contribution in [3.8, 4) is 0 Å². The lowest BCUT2D eigenvalue weighted by molar-refractivity contribution is -0.121. The van der Waals surface area contributed by atoms with Crippen molar-refractivity contribution in [2.45, 2.75) is 52.5 Å². The van der Waals surface area contributed by atoms with E-state index in [9.17, 15) is 9.59 Å². The highest BCUT2D eigenvalue weighted by molar-refractivity contribution is 5.92. The van der Waals surface area contributed by atoms with Crippen LogP contribution >= 0.6 is 0 Å². The van der Waals surface area contributed by atoms with E-state index in [1.807, 2.05) is 13.8 Å². The topological polar surface area (TPSA) is 75.2 Å². The third kappa shape index (κ3) is 6.20. The molecule has 1 atom stereocenters. The highest BCUT2D eigenvalue weighted by Gasteiger charge is 2.18. The van der Waals surface area contributed by atoms with Gasteiger partial charge in [0.2, 0.25) is 5.91 Å². The standard InChI is InChI=1S/C16H26N4O2/c1-4-6-10-20(11-7-15(21)19-13(3)5-2)16(22)14-12-17-8-9-18-14/h8-9,12-13H,4-7,10-11H2,1-3H3,(H,19,21). The molecule has 0 radical (unpaired) electrons. The van der Waals surface area contributed by atoms with Gasteiger partial charge in [-0.3, -0.25) is 14.6 Å². The molecule has 0 spiro atoms. The van der Waals surface area contributed by atoms with Crippen molar-refractivity contribution in [2.24, 2.45) is 0 Å². The molecule has 1 N–H and O–H groups in total. The molecule has 6 heteroatoms. The zero-order valence-electron chi connectivity index (χ0n) is 13.7. The second-order valence-electron chi connectivity index (χ2n) is 5.36. The number of nitrogens with one attached hydrogen (secondary N) is 1. The zero-order valence-corrected chi connectivity index (χ0v) is 13.7. The molecule has 0 aliphatic rings. The van der Waals surface area contributed by atoms with E-state index in [0.717, 1.165) is 19.3 Å². The Morgan fingerprint density at radius 1 is 1.27 bits per heavy atom. The molecule has 0 saturated heterocycles. The van der Waals surface area contributed by atoms with Crippen molar-refractivity contribution in [2.75, 3.05) is 13.1 Å². The summed E-state index contributed by atoms with van der Waals surface area (Å²) in [6, 6.07) is 0.160. The van der Waals surface area contributed by atoms with E-state index in [1.54, 1.807) is 4.90 Å². The van der Waals surface area contributed by atoms with Gasteiger partial charge in [-0.2, -0.15) is 0 Å². The summed E-state index contributed by atoms with van der Waals surface area (Å²) in [5.74, 6) is -0.194. The molecule has 1 unspecified atom stereocenters. The summed E-state index contributed by atoms with van der Waals surface area (Å²) in [6.45, 7) is 7.09. The van der Waals surface area contributed by atoms with Crippen LogP contribution in [0.1, 0.15) is 56.9 Å². The number of amides is 2. The average molecular weight is 306 g/mol. The molecule has 1 heterocycles. The molecule has 0 saturated carbocycles. The number of unbranched alkanes of at least 4 members (excludes halogenated alkanes) is 1. The second-order valence-corrected chi connectivity index (χ2v) is 5.36. The smallest absolute Gasteiger partial charge is 0.274 e. The maximum Gasteiger partial charge on any atom is 0.274 e. The summed E-state index contributed by atoms with van der Waals surface area (Å²) >= 11 is 0. The van der Waals surface area contributed by atoms with Crippen LogP contribution in [-0.2, 0) is 4.79 Å². The van der Waals surface area contributed by atoms with Crippen LogP contribution in [0, 0.1) is 0 Å². The molecule has 0 aliphatic heterocycles. The van der Waals surface area contributed by atoms with Gasteiger partial charge in [0.25, 0.3) is 5.91 Å². The number of carbonyl (C=O) groups is 2. The minimum absolute atomic E-state index is 0.0252. The van der Waals surface area contributed by atoms with Crippen LogP contribution in [0.5, 0.6) is 0 Å². The molecular weight excluding hydrogens is 280 g/mol. The van der Waals surface area contributed by atoms with Crippen LogP contribution in [-0.4, -0.2) is 45.8 Å². The SMILES string of the molecule is CCCCN(CCC(=O)NC(C)CC)C(=O)c1cnccn1. The Hall–Kier alpha value is -1.98. The van der Waals surface area contributed by atoms with Gasteiger partial charge in [-0.25, -0.2) is 4.98 Å². The Labute approximate surface area is 132 Å². The van der Waals surface area contributed by atoms with Crippen molar-refractivity contribution in [1.29, 1.82) is 0 Å². The molecule has 0 fully saturated rings. The Morgan fingerprint density at radius 2 is 2.05 bits per heavy atom. The van der Waals surface area contributed by atoms with Crippen LogP contribution in [0.4, 0.5) is 0 Å². The fourth-order valence-electron chi connectivity index (χ4n) is 1.92. The highest BCUT2D eigenvalue weighted by atomic mass is 16.2. The first-order chi connectivity index (χ1) is 10.6. The van der Waals surface area contributed by atoms with Gasteiger partial charge in [-0.1, -0.05) is 20.3 Å². The molecule has 1 aromatic heterocycles. The third-order valence-electron chi connectivity index (χ3n) is 3.48. The van der Waals surface area contributed by atoms with E-state index < -0.39 is 0 Å². The van der Waals surface area contributed by atoms with E-state index >= 15 is 0 Å². The number of carbonyl (C=O) groups excluding carboxylic acids is 2. The Kier molecular flexibility index (Phi) is 8.10. The molecule has 22 heavy (non-hydrogen) atoms. The molecule has 2 amide bonds. The summed E-state index contributed by atoms with van der Waals surface area (Å²) in [7, 11) is 0. The summed E-state index contributed by atoms with van der Waals surface area (Å²) < 4.78 is 0. The summed E-state index contributed by atoms with van der Waals surface area (Å²) in [5, 5.41) is 2.91. The lowest BCUT2D eigenvalue weighted by Crippen LogP contribution is -2.38. The van der Waals surface area contributed by atoms with Gasteiger partial charge in [0.15, 0.2) is 0 Å². The van der Waals surface area contributed by atoms with Crippen molar-refractivity contribution in [3.05, 3.63) is 24.3 Å². The molecular formula is C16H26N4O2. The minimum atomic E-state index is -0.169. The van der Waals surface area contributed by atoms with Crippen LogP contribution < -0.4 is 5.32 Å². The van der Waals surface area contributed by atoms with Crippen molar-refractivity contribution in [3.63, 3.8) is 0 Å². The van der Waals surface area contributed by atoms with Crippen molar-refractivity contribution >= 4 is 11.8 Å². The fourth-order valence-corrected chi connectivity index (χ4v) is 1.92. The fraction of sp³-hybridized carbons (Fsp3) is 0.625. The third-order valence-corrected chi connectivity index (χ3v) is 3.48. The van der Waals surface area contributed by atoms with E-state index in [1.165, 1.54) is 18.6 Å². The van der Waals surface area contributed by atoms with Crippen molar-refractivity contribution < 1.29 is 9.59 Å². The second kappa shape index (κ2) is 9.87. The van der Waals surface area contributed by atoms with E-state index in [4.69, 9.17) is 0 Å². The first-order valence-electron chi connectivity index (χ1n) is 7.93. The number of hydrogen-bond donors (Lipinski definition) is 1. The van der Waals surface area contributed by atoms with Crippen molar-refractivity contribution in [1.82, 2.24) is 20.2 Å². The normalized spacial score (nSPS) is 11.8. The molecule has 1 aromatic rings. The van der Waals surface area contributed by atoms with Crippen LogP contribution in [0.3, 0.4) is 0 Å². The van der Waals surface area contributed by atoms with E-state index in [-0.39, 0.29) is 17.9 Å². The van der Waals surface area contributed by atoms with Gasteiger partial charge in [-0.15, -0.1) is 0 Å². The predicted octanol–water partition coefficient (Wildman–Crippen LogP) is 2.02.